The molecule has 0 atom stereocenters. The molecular formula is C24H12F3N3O6. The van der Waals surface area contributed by atoms with Gasteiger partial charge in [-0.25, -0.2) is 4.79 Å². The second kappa shape index (κ2) is 8.05. The number of benzene rings is 2. The minimum atomic E-state index is -4.99. The molecule has 0 unspecified atom stereocenters. The van der Waals surface area contributed by atoms with Crippen LogP contribution >= 0.6 is 0 Å². The monoisotopic (exact) mass is 495 g/mol. The van der Waals surface area contributed by atoms with Gasteiger partial charge in [-0.2, -0.15) is 23.3 Å². The Labute approximate surface area is 199 Å². The number of nitrogens with zero attached hydrogens (tertiary/aromatic N) is 2. The van der Waals surface area contributed by atoms with Crippen molar-refractivity contribution < 1.29 is 41.9 Å². The topological polar surface area (TPSA) is 129 Å². The van der Waals surface area contributed by atoms with E-state index in [4.69, 9.17) is 9.52 Å². The first-order valence-corrected chi connectivity index (χ1v) is 10.2. The molecule has 3 amide bonds. The number of nitrogens with one attached hydrogen (secondary N) is 1. The molecule has 9 nitrogen and oxygen atoms in total. The van der Waals surface area contributed by atoms with Crippen LogP contribution in [-0.4, -0.2) is 40.7 Å². The fourth-order valence-corrected chi connectivity index (χ4v) is 3.75. The van der Waals surface area contributed by atoms with Gasteiger partial charge in [0.15, 0.2) is 5.71 Å². The Morgan fingerprint density at radius 2 is 1.75 bits per heavy atom. The van der Waals surface area contributed by atoms with Crippen molar-refractivity contribution in [2.24, 2.45) is 5.10 Å². The third-order valence-electron chi connectivity index (χ3n) is 5.42. The molecule has 0 saturated carbocycles. The molecule has 0 spiro atoms. The number of hydrogen-bond acceptors (Lipinski definition) is 6. The van der Waals surface area contributed by atoms with E-state index in [1.807, 2.05) is 0 Å². The average molecular weight is 495 g/mol. The number of alkyl halides is 3. The quantitative estimate of drug-likeness (QED) is 0.418. The predicted molar refractivity (Wildman–Crippen MR) is 118 cm³/mol. The molecule has 2 aromatic carbocycles. The van der Waals surface area contributed by atoms with Crippen molar-refractivity contribution in [3.05, 3.63) is 82.6 Å². The standard InChI is InChI=1S/C24H12F3N3O6/c25-24(26,27)19-17(22(33)30(29-19)13-3-1-2-12(8-13)23(34)35)10-14-5-7-18(36-14)11-4-6-15-16(9-11)21(32)28-20(15)31/h1-10H,(H,34,35)(H,28,31,32). The van der Waals surface area contributed by atoms with Crippen molar-refractivity contribution in [1.29, 1.82) is 0 Å². The van der Waals surface area contributed by atoms with E-state index >= 15 is 0 Å². The lowest BCUT2D eigenvalue weighted by Gasteiger charge is -2.11. The number of hydrogen-bond donors (Lipinski definition) is 2. The highest BCUT2D eigenvalue weighted by Crippen LogP contribution is 2.34. The number of amides is 3. The summed E-state index contributed by atoms with van der Waals surface area (Å²) in [6, 6.07) is 11.9. The van der Waals surface area contributed by atoms with E-state index < -0.39 is 41.2 Å². The zero-order valence-corrected chi connectivity index (χ0v) is 17.8. The van der Waals surface area contributed by atoms with Crippen LogP contribution in [0.15, 0.2) is 69.7 Å². The fraction of sp³-hybridized carbons (Fsp3) is 0.0417. The van der Waals surface area contributed by atoms with Gasteiger partial charge in [0.25, 0.3) is 17.7 Å². The number of carbonyl (C=O) groups excluding carboxylic acids is 3. The Balaban J connectivity index is 1.50. The number of halogens is 3. The van der Waals surface area contributed by atoms with Crippen LogP contribution in [0, 0.1) is 0 Å². The number of aromatic carboxylic acids is 1. The lowest BCUT2D eigenvalue weighted by molar-refractivity contribution is -0.114. The summed E-state index contributed by atoms with van der Waals surface area (Å²) in [6.07, 6.45) is -4.11. The van der Waals surface area contributed by atoms with E-state index in [2.05, 4.69) is 10.4 Å². The van der Waals surface area contributed by atoms with Crippen LogP contribution in [0.2, 0.25) is 0 Å². The zero-order valence-electron chi connectivity index (χ0n) is 17.8. The van der Waals surface area contributed by atoms with Gasteiger partial charge in [0.2, 0.25) is 0 Å². The SMILES string of the molecule is O=C(O)c1cccc(N2N=C(C(F)(F)F)C(=Cc3ccc(-c4ccc5c(c4)C(=O)NC5=O)o3)C2=O)c1. The zero-order chi connectivity index (χ0) is 25.8. The highest BCUT2D eigenvalue weighted by Gasteiger charge is 2.47. The van der Waals surface area contributed by atoms with E-state index in [0.29, 0.717) is 10.6 Å². The number of fused-ring (bicyclic) bond motifs is 1. The molecule has 12 heteroatoms. The molecule has 2 N–H and O–H groups in total. The number of furan rings is 1. The maximum atomic E-state index is 13.7. The Hall–Kier alpha value is -5.00. The molecule has 0 bridgehead atoms. The molecule has 0 saturated heterocycles. The molecule has 3 heterocycles. The Morgan fingerprint density at radius 1 is 1.00 bits per heavy atom. The molecule has 0 aliphatic carbocycles. The van der Waals surface area contributed by atoms with Crippen LogP contribution in [0.1, 0.15) is 36.8 Å². The highest BCUT2D eigenvalue weighted by molar-refractivity contribution is 6.34. The van der Waals surface area contributed by atoms with Crippen molar-refractivity contribution in [3.63, 3.8) is 0 Å². The van der Waals surface area contributed by atoms with Crippen LogP contribution < -0.4 is 10.3 Å². The third kappa shape index (κ3) is 3.83. The minimum absolute atomic E-state index is 0.104. The molecule has 2 aliphatic rings. The Kier molecular flexibility index (Phi) is 5.09. The van der Waals surface area contributed by atoms with E-state index in [-0.39, 0.29) is 33.9 Å². The van der Waals surface area contributed by atoms with Crippen LogP contribution in [-0.2, 0) is 4.79 Å². The van der Waals surface area contributed by atoms with Gasteiger partial charge in [-0.3, -0.25) is 19.7 Å². The molecule has 0 fully saturated rings. The summed E-state index contributed by atoms with van der Waals surface area (Å²) in [5.41, 5.74) is -1.96. The Bertz CT molecular complexity index is 1550. The molecule has 3 aromatic rings. The number of hydrazone groups is 1. The molecule has 5 rings (SSSR count). The molecule has 180 valence electrons. The highest BCUT2D eigenvalue weighted by atomic mass is 19.4. The largest absolute Gasteiger partial charge is 0.478 e. The minimum Gasteiger partial charge on any atom is -0.478 e. The maximum Gasteiger partial charge on any atom is 0.435 e. The first-order valence-electron chi connectivity index (χ1n) is 10.2. The van der Waals surface area contributed by atoms with Crippen molar-refractivity contribution in [2.45, 2.75) is 6.18 Å². The molecule has 0 radical (unpaired) electrons. The number of carbonyl (C=O) groups is 4. The first kappa shape index (κ1) is 22.8. The van der Waals surface area contributed by atoms with Gasteiger partial charge < -0.3 is 9.52 Å². The molecule has 1 aromatic heterocycles. The van der Waals surface area contributed by atoms with Crippen molar-refractivity contribution in [3.8, 4) is 11.3 Å². The molecule has 36 heavy (non-hydrogen) atoms. The summed E-state index contributed by atoms with van der Waals surface area (Å²) < 4.78 is 46.7. The molecular weight excluding hydrogens is 483 g/mol. The van der Waals surface area contributed by atoms with Crippen molar-refractivity contribution >= 4 is 41.2 Å². The number of anilines is 1. The van der Waals surface area contributed by atoms with Crippen LogP contribution in [0.25, 0.3) is 17.4 Å². The van der Waals surface area contributed by atoms with E-state index in [1.165, 1.54) is 48.5 Å². The summed E-state index contributed by atoms with van der Waals surface area (Å²) in [5.74, 6) is -3.50. The van der Waals surface area contributed by atoms with Gasteiger partial charge >= 0.3 is 12.1 Å². The summed E-state index contributed by atoms with van der Waals surface area (Å²) in [6.45, 7) is 0. The summed E-state index contributed by atoms with van der Waals surface area (Å²) in [4.78, 5) is 47.7. The smallest absolute Gasteiger partial charge is 0.435 e. The van der Waals surface area contributed by atoms with Gasteiger partial charge in [-0.1, -0.05) is 12.1 Å². The van der Waals surface area contributed by atoms with Gasteiger partial charge in [-0.15, -0.1) is 0 Å². The Morgan fingerprint density at radius 3 is 2.47 bits per heavy atom. The van der Waals surface area contributed by atoms with Crippen LogP contribution in [0.5, 0.6) is 0 Å². The number of imide groups is 1. The van der Waals surface area contributed by atoms with Gasteiger partial charge in [0.1, 0.15) is 11.5 Å². The summed E-state index contributed by atoms with van der Waals surface area (Å²) in [5, 5.41) is 15.2. The second-order valence-corrected chi connectivity index (χ2v) is 7.72. The van der Waals surface area contributed by atoms with Crippen molar-refractivity contribution in [2.75, 3.05) is 5.01 Å². The van der Waals surface area contributed by atoms with Crippen LogP contribution in [0.4, 0.5) is 18.9 Å². The fourth-order valence-electron chi connectivity index (χ4n) is 3.75. The summed E-state index contributed by atoms with van der Waals surface area (Å²) >= 11 is 0. The third-order valence-corrected chi connectivity index (χ3v) is 5.42. The molecule has 2 aliphatic heterocycles. The predicted octanol–water partition coefficient (Wildman–Crippen LogP) is 3.88. The lowest BCUT2D eigenvalue weighted by atomic mass is 10.0. The van der Waals surface area contributed by atoms with Gasteiger partial charge in [0.05, 0.1) is 28.0 Å². The normalized spacial score (nSPS) is 16.4. The van der Waals surface area contributed by atoms with E-state index in [0.717, 1.165) is 12.1 Å². The number of rotatable bonds is 4. The average Bonchev–Trinajstić information content (AvgIpc) is 3.51. The van der Waals surface area contributed by atoms with E-state index in [1.54, 1.807) is 0 Å². The second-order valence-electron chi connectivity index (χ2n) is 7.72. The summed E-state index contributed by atoms with van der Waals surface area (Å²) in [7, 11) is 0. The maximum absolute atomic E-state index is 13.7. The number of carboxylic acids is 1. The van der Waals surface area contributed by atoms with Gasteiger partial charge in [-0.05, 0) is 48.5 Å². The van der Waals surface area contributed by atoms with Crippen LogP contribution in [0.3, 0.4) is 0 Å². The van der Waals surface area contributed by atoms with Gasteiger partial charge in [0, 0.05) is 5.56 Å². The number of carboxylic acid groups (broad SMARTS) is 1. The van der Waals surface area contributed by atoms with E-state index in [9.17, 15) is 32.3 Å². The first-order chi connectivity index (χ1) is 17.0. The van der Waals surface area contributed by atoms with Crippen molar-refractivity contribution in [1.82, 2.24) is 5.32 Å². The lowest BCUT2D eigenvalue weighted by Crippen LogP contribution is -2.25.